The number of halogens is 1. The molecule has 94 valence electrons. The fourth-order valence-electron chi connectivity index (χ4n) is 1.85. The average Bonchev–Trinajstić information content (AvgIpc) is 2.46. The minimum absolute atomic E-state index is 0.412. The van der Waals surface area contributed by atoms with Crippen LogP contribution in [0.1, 0.15) is 17.0 Å². The summed E-state index contributed by atoms with van der Waals surface area (Å²) in [6.45, 7) is 1.42. The summed E-state index contributed by atoms with van der Waals surface area (Å²) in [6.07, 6.45) is 0. The molecular formula is C16H17BrO. The summed E-state index contributed by atoms with van der Waals surface area (Å²) in [5, 5.41) is 0.922. The molecule has 0 aromatic heterocycles. The van der Waals surface area contributed by atoms with E-state index in [1.165, 1.54) is 11.1 Å². The van der Waals surface area contributed by atoms with Crippen molar-refractivity contribution in [1.29, 1.82) is 0 Å². The van der Waals surface area contributed by atoms with E-state index in [-0.39, 0.29) is 0 Å². The molecular weight excluding hydrogens is 288 g/mol. The van der Waals surface area contributed by atoms with Gasteiger partial charge >= 0.3 is 0 Å². The molecule has 0 aliphatic heterocycles. The predicted octanol–water partition coefficient (Wildman–Crippen LogP) is 4.38. The van der Waals surface area contributed by atoms with Crippen LogP contribution < -0.4 is 0 Å². The second-order valence-corrected chi connectivity index (χ2v) is 4.91. The van der Waals surface area contributed by atoms with Crippen molar-refractivity contribution in [1.82, 2.24) is 0 Å². The summed E-state index contributed by atoms with van der Waals surface area (Å²) in [5.41, 5.74) is 2.54. The zero-order valence-corrected chi connectivity index (χ0v) is 11.8. The maximum atomic E-state index is 5.80. The molecule has 2 heteroatoms. The molecule has 0 N–H and O–H groups in total. The van der Waals surface area contributed by atoms with Crippen LogP contribution in [0.15, 0.2) is 60.7 Å². The van der Waals surface area contributed by atoms with Crippen molar-refractivity contribution < 1.29 is 4.74 Å². The second kappa shape index (κ2) is 7.34. The molecule has 0 amide bonds. The molecule has 2 aromatic rings. The Morgan fingerprint density at radius 3 is 2.11 bits per heavy atom. The lowest BCUT2D eigenvalue weighted by Gasteiger charge is -2.14. The summed E-state index contributed by atoms with van der Waals surface area (Å²) < 4.78 is 5.80. The van der Waals surface area contributed by atoms with Gasteiger partial charge in [0.25, 0.3) is 0 Å². The van der Waals surface area contributed by atoms with E-state index in [0.717, 1.165) is 11.9 Å². The van der Waals surface area contributed by atoms with E-state index in [0.29, 0.717) is 12.5 Å². The zero-order chi connectivity index (χ0) is 12.6. The van der Waals surface area contributed by atoms with Gasteiger partial charge < -0.3 is 4.74 Å². The van der Waals surface area contributed by atoms with Crippen molar-refractivity contribution in [2.45, 2.75) is 12.5 Å². The molecule has 0 bridgehead atoms. The zero-order valence-electron chi connectivity index (χ0n) is 10.3. The molecule has 2 aromatic carbocycles. The molecule has 0 radical (unpaired) electrons. The number of hydrogen-bond donors (Lipinski definition) is 0. The van der Waals surface area contributed by atoms with Crippen LogP contribution in [0.4, 0.5) is 0 Å². The third-order valence-electron chi connectivity index (χ3n) is 2.89. The van der Waals surface area contributed by atoms with Gasteiger partial charge in [-0.25, -0.2) is 0 Å². The highest BCUT2D eigenvalue weighted by molar-refractivity contribution is 9.09. The van der Waals surface area contributed by atoms with Crippen LogP contribution in [0, 0.1) is 0 Å². The van der Waals surface area contributed by atoms with Gasteiger partial charge in [-0.15, -0.1) is 0 Å². The Morgan fingerprint density at radius 2 is 1.50 bits per heavy atom. The van der Waals surface area contributed by atoms with Crippen LogP contribution in [0.5, 0.6) is 0 Å². The van der Waals surface area contributed by atoms with Crippen LogP contribution in [-0.2, 0) is 11.3 Å². The first kappa shape index (κ1) is 13.3. The lowest BCUT2D eigenvalue weighted by Crippen LogP contribution is -2.09. The summed E-state index contributed by atoms with van der Waals surface area (Å²) >= 11 is 3.56. The first-order chi connectivity index (χ1) is 8.90. The summed E-state index contributed by atoms with van der Waals surface area (Å²) in [7, 11) is 0. The molecule has 0 aliphatic carbocycles. The Hall–Kier alpha value is -1.12. The fraction of sp³-hybridized carbons (Fsp3) is 0.250. The largest absolute Gasteiger partial charge is 0.376 e. The number of benzene rings is 2. The summed E-state index contributed by atoms with van der Waals surface area (Å²) in [4.78, 5) is 0. The minimum atomic E-state index is 0.412. The number of alkyl halides is 1. The highest BCUT2D eigenvalue weighted by Gasteiger charge is 2.09. The Kier molecular flexibility index (Phi) is 5.43. The Labute approximate surface area is 117 Å². The van der Waals surface area contributed by atoms with Crippen LogP contribution >= 0.6 is 15.9 Å². The van der Waals surface area contributed by atoms with Crippen LogP contribution in [0.3, 0.4) is 0 Å². The number of rotatable bonds is 6. The van der Waals surface area contributed by atoms with Crippen molar-refractivity contribution >= 4 is 15.9 Å². The van der Waals surface area contributed by atoms with Crippen molar-refractivity contribution in [3.05, 3.63) is 71.8 Å². The van der Waals surface area contributed by atoms with Gasteiger partial charge in [0.05, 0.1) is 13.2 Å². The molecule has 0 saturated carbocycles. The van der Waals surface area contributed by atoms with E-state index in [9.17, 15) is 0 Å². The molecule has 1 unspecified atom stereocenters. The Bertz CT molecular complexity index is 441. The Morgan fingerprint density at radius 1 is 0.889 bits per heavy atom. The number of ether oxygens (including phenoxy) is 1. The maximum absolute atomic E-state index is 5.80. The van der Waals surface area contributed by atoms with Crippen molar-refractivity contribution in [2.75, 3.05) is 11.9 Å². The first-order valence-electron chi connectivity index (χ1n) is 6.12. The highest BCUT2D eigenvalue weighted by Crippen LogP contribution is 2.18. The second-order valence-electron chi connectivity index (χ2n) is 4.26. The summed E-state index contributed by atoms with van der Waals surface area (Å²) in [6, 6.07) is 20.8. The highest BCUT2D eigenvalue weighted by atomic mass is 79.9. The van der Waals surface area contributed by atoms with Crippen molar-refractivity contribution in [3.63, 3.8) is 0 Å². The van der Waals surface area contributed by atoms with E-state index < -0.39 is 0 Å². The van der Waals surface area contributed by atoms with Crippen LogP contribution in [-0.4, -0.2) is 11.9 Å². The third kappa shape index (κ3) is 3.97. The summed E-state index contributed by atoms with van der Waals surface area (Å²) in [5.74, 6) is 0.412. The van der Waals surface area contributed by atoms with Gasteiger partial charge in [0, 0.05) is 11.2 Å². The third-order valence-corrected chi connectivity index (χ3v) is 3.67. The molecule has 0 fully saturated rings. The van der Waals surface area contributed by atoms with E-state index in [4.69, 9.17) is 4.74 Å². The molecule has 0 heterocycles. The monoisotopic (exact) mass is 304 g/mol. The number of hydrogen-bond acceptors (Lipinski definition) is 1. The average molecular weight is 305 g/mol. The molecule has 1 atom stereocenters. The van der Waals surface area contributed by atoms with Gasteiger partial charge in [0.1, 0.15) is 0 Å². The Balaban J connectivity index is 1.85. The molecule has 2 rings (SSSR count). The van der Waals surface area contributed by atoms with Gasteiger partial charge in [-0.3, -0.25) is 0 Å². The SMILES string of the molecule is BrCC(COCc1ccccc1)c1ccccc1. The van der Waals surface area contributed by atoms with E-state index in [1.54, 1.807) is 0 Å². The van der Waals surface area contributed by atoms with Crippen LogP contribution in [0.25, 0.3) is 0 Å². The van der Waals surface area contributed by atoms with E-state index in [2.05, 4.69) is 52.3 Å². The maximum Gasteiger partial charge on any atom is 0.0717 e. The lowest BCUT2D eigenvalue weighted by molar-refractivity contribution is 0.111. The van der Waals surface area contributed by atoms with Gasteiger partial charge in [-0.05, 0) is 11.1 Å². The van der Waals surface area contributed by atoms with Gasteiger partial charge in [-0.1, -0.05) is 76.6 Å². The van der Waals surface area contributed by atoms with Crippen molar-refractivity contribution in [2.24, 2.45) is 0 Å². The van der Waals surface area contributed by atoms with Gasteiger partial charge in [-0.2, -0.15) is 0 Å². The predicted molar refractivity (Wildman–Crippen MR) is 79.1 cm³/mol. The fourth-order valence-corrected chi connectivity index (χ4v) is 2.41. The molecule has 1 nitrogen and oxygen atoms in total. The van der Waals surface area contributed by atoms with Gasteiger partial charge in [0.15, 0.2) is 0 Å². The lowest BCUT2D eigenvalue weighted by atomic mass is 10.0. The molecule has 0 aliphatic rings. The smallest absolute Gasteiger partial charge is 0.0717 e. The molecule has 0 spiro atoms. The van der Waals surface area contributed by atoms with E-state index in [1.807, 2.05) is 24.3 Å². The topological polar surface area (TPSA) is 9.23 Å². The standard InChI is InChI=1S/C16H17BrO/c17-11-16(15-9-5-2-6-10-15)13-18-12-14-7-3-1-4-8-14/h1-10,16H,11-13H2. The van der Waals surface area contributed by atoms with Crippen LogP contribution in [0.2, 0.25) is 0 Å². The van der Waals surface area contributed by atoms with Crippen molar-refractivity contribution in [3.8, 4) is 0 Å². The van der Waals surface area contributed by atoms with Gasteiger partial charge in [0.2, 0.25) is 0 Å². The molecule has 0 saturated heterocycles. The first-order valence-corrected chi connectivity index (χ1v) is 7.25. The quantitative estimate of drug-likeness (QED) is 0.720. The normalized spacial score (nSPS) is 12.3. The molecule has 18 heavy (non-hydrogen) atoms. The van der Waals surface area contributed by atoms with E-state index >= 15 is 0 Å². The minimum Gasteiger partial charge on any atom is -0.376 e.